The van der Waals surface area contributed by atoms with E-state index in [0.717, 1.165) is 4.90 Å². The van der Waals surface area contributed by atoms with E-state index >= 15 is 0 Å². The van der Waals surface area contributed by atoms with Gasteiger partial charge in [0.1, 0.15) is 23.7 Å². The second-order valence-corrected chi connectivity index (χ2v) is 7.64. The Morgan fingerprint density at radius 3 is 2.70 bits per heavy atom. The van der Waals surface area contributed by atoms with Crippen LogP contribution in [0.5, 0.6) is 0 Å². The van der Waals surface area contributed by atoms with Gasteiger partial charge in [0.05, 0.1) is 18.9 Å². The molecule has 2 fully saturated rings. The Morgan fingerprint density at radius 1 is 1.19 bits per heavy atom. The normalized spacial score (nSPS) is 33.3. The standard InChI is InChI=1S/C19H21NO6S/c1-11(21)20-15-16(22)17-14(10-24-18(26-17)13-8-5-9-23-13)25-19(15)27-12-6-3-2-4-7-12/h2-9,14-19,22H,10H2,1H3,(H,20,21). The molecule has 2 saturated heterocycles. The molecule has 0 saturated carbocycles. The summed E-state index contributed by atoms with van der Waals surface area (Å²) in [4.78, 5) is 12.7. The highest BCUT2D eigenvalue weighted by Gasteiger charge is 2.50. The van der Waals surface area contributed by atoms with Gasteiger partial charge in [-0.1, -0.05) is 30.0 Å². The average molecular weight is 391 g/mol. The number of hydrogen-bond acceptors (Lipinski definition) is 7. The van der Waals surface area contributed by atoms with Gasteiger partial charge in [0.2, 0.25) is 12.2 Å². The largest absolute Gasteiger partial charge is 0.464 e. The SMILES string of the molecule is CC(=O)NC1C(Sc2ccccc2)OC2COC(c3ccco3)OC2C1O. The van der Waals surface area contributed by atoms with E-state index in [-0.39, 0.29) is 12.5 Å². The van der Waals surface area contributed by atoms with Crippen LogP contribution >= 0.6 is 11.8 Å². The molecule has 0 radical (unpaired) electrons. The van der Waals surface area contributed by atoms with Gasteiger partial charge in [0.15, 0.2) is 5.76 Å². The van der Waals surface area contributed by atoms with Gasteiger partial charge in [-0.3, -0.25) is 4.79 Å². The van der Waals surface area contributed by atoms with E-state index in [4.69, 9.17) is 18.6 Å². The Labute approximate surface area is 161 Å². The fraction of sp³-hybridized carbons (Fsp3) is 0.421. The van der Waals surface area contributed by atoms with Crippen LogP contribution in [0.25, 0.3) is 0 Å². The van der Waals surface area contributed by atoms with Crippen LogP contribution in [0.3, 0.4) is 0 Å². The lowest BCUT2D eigenvalue weighted by Gasteiger charge is -2.47. The molecule has 2 aliphatic heterocycles. The number of amides is 1. The molecular weight excluding hydrogens is 370 g/mol. The molecule has 1 aromatic heterocycles. The number of furan rings is 1. The van der Waals surface area contributed by atoms with Gasteiger partial charge in [0, 0.05) is 11.8 Å². The number of rotatable bonds is 4. The van der Waals surface area contributed by atoms with Crippen LogP contribution in [-0.4, -0.2) is 47.4 Å². The zero-order chi connectivity index (χ0) is 18.8. The van der Waals surface area contributed by atoms with Gasteiger partial charge in [-0.2, -0.15) is 0 Å². The van der Waals surface area contributed by atoms with Crippen molar-refractivity contribution in [1.82, 2.24) is 5.32 Å². The summed E-state index contributed by atoms with van der Waals surface area (Å²) < 4.78 is 23.1. The van der Waals surface area contributed by atoms with Gasteiger partial charge in [-0.15, -0.1) is 0 Å². The quantitative estimate of drug-likeness (QED) is 0.825. The first-order valence-corrected chi connectivity index (χ1v) is 9.62. The number of hydrogen-bond donors (Lipinski definition) is 2. The highest BCUT2D eigenvalue weighted by atomic mass is 32.2. The summed E-state index contributed by atoms with van der Waals surface area (Å²) in [5, 5.41) is 13.8. The fourth-order valence-electron chi connectivity index (χ4n) is 3.28. The summed E-state index contributed by atoms with van der Waals surface area (Å²) in [6, 6.07) is 12.6. The van der Waals surface area contributed by atoms with Gasteiger partial charge in [0.25, 0.3) is 0 Å². The Morgan fingerprint density at radius 2 is 2.00 bits per heavy atom. The first-order chi connectivity index (χ1) is 13.1. The van der Waals surface area contributed by atoms with Gasteiger partial charge >= 0.3 is 0 Å². The topological polar surface area (TPSA) is 90.2 Å². The maximum absolute atomic E-state index is 11.7. The molecule has 1 amide bonds. The molecule has 0 spiro atoms. The van der Waals surface area contributed by atoms with Crippen molar-refractivity contribution in [1.29, 1.82) is 0 Å². The lowest BCUT2D eigenvalue weighted by molar-refractivity contribution is -0.310. The van der Waals surface area contributed by atoms with Crippen molar-refractivity contribution < 1.29 is 28.5 Å². The van der Waals surface area contributed by atoms with Gasteiger partial charge in [-0.25, -0.2) is 0 Å². The number of ether oxygens (including phenoxy) is 3. The number of aliphatic hydroxyl groups excluding tert-OH is 1. The molecule has 27 heavy (non-hydrogen) atoms. The highest BCUT2D eigenvalue weighted by Crippen LogP contribution is 2.38. The highest BCUT2D eigenvalue weighted by molar-refractivity contribution is 7.99. The Bertz CT molecular complexity index is 755. The van der Waals surface area contributed by atoms with Crippen LogP contribution in [0, 0.1) is 0 Å². The zero-order valence-electron chi connectivity index (χ0n) is 14.7. The minimum atomic E-state index is -0.949. The Balaban J connectivity index is 1.53. The molecule has 6 atom stereocenters. The summed E-state index contributed by atoms with van der Waals surface area (Å²) in [5.41, 5.74) is -0.472. The summed E-state index contributed by atoms with van der Waals surface area (Å²) in [7, 11) is 0. The third-order valence-corrected chi connectivity index (χ3v) is 5.69. The van der Waals surface area contributed by atoms with Crippen molar-refractivity contribution in [3.8, 4) is 0 Å². The van der Waals surface area contributed by atoms with Gasteiger partial charge in [-0.05, 0) is 24.3 Å². The van der Waals surface area contributed by atoms with E-state index in [1.54, 1.807) is 12.1 Å². The van der Waals surface area contributed by atoms with Crippen molar-refractivity contribution in [3.05, 3.63) is 54.5 Å². The van der Waals surface area contributed by atoms with Crippen LogP contribution in [0.2, 0.25) is 0 Å². The van der Waals surface area contributed by atoms with Crippen LogP contribution in [0.4, 0.5) is 0 Å². The maximum atomic E-state index is 11.7. The molecule has 4 rings (SSSR count). The Kier molecular flexibility index (Phi) is 5.51. The Hall–Kier alpha value is -1.84. The monoisotopic (exact) mass is 391 g/mol. The predicted molar refractivity (Wildman–Crippen MR) is 96.8 cm³/mol. The fourth-order valence-corrected chi connectivity index (χ4v) is 4.44. The van der Waals surface area contributed by atoms with E-state index in [9.17, 15) is 9.90 Å². The van der Waals surface area contributed by atoms with E-state index in [1.807, 2.05) is 30.3 Å². The number of carbonyl (C=O) groups is 1. The number of thioether (sulfide) groups is 1. The van der Waals surface area contributed by atoms with Crippen molar-refractivity contribution in [2.45, 2.75) is 47.9 Å². The lowest BCUT2D eigenvalue weighted by Crippen LogP contribution is -2.65. The van der Waals surface area contributed by atoms with Crippen molar-refractivity contribution in [2.75, 3.05) is 6.61 Å². The number of benzene rings is 1. The smallest absolute Gasteiger partial charge is 0.217 e. The second kappa shape index (κ2) is 8.04. The first-order valence-electron chi connectivity index (χ1n) is 8.74. The number of carbonyl (C=O) groups excluding carboxylic acids is 1. The molecule has 6 unspecified atom stereocenters. The van der Waals surface area contributed by atoms with Crippen LogP contribution in [-0.2, 0) is 19.0 Å². The molecule has 144 valence electrons. The van der Waals surface area contributed by atoms with E-state index in [1.165, 1.54) is 24.9 Å². The molecule has 8 heteroatoms. The van der Waals surface area contributed by atoms with Crippen molar-refractivity contribution in [2.24, 2.45) is 0 Å². The van der Waals surface area contributed by atoms with Crippen molar-refractivity contribution >= 4 is 17.7 Å². The number of aliphatic hydroxyl groups is 1. The van der Waals surface area contributed by atoms with Crippen LogP contribution < -0.4 is 5.32 Å². The average Bonchev–Trinajstić information content (AvgIpc) is 3.20. The summed E-state index contributed by atoms with van der Waals surface area (Å²) in [6.45, 7) is 1.67. The van der Waals surface area contributed by atoms with E-state index in [0.29, 0.717) is 5.76 Å². The third kappa shape index (κ3) is 4.04. The van der Waals surface area contributed by atoms with Crippen LogP contribution in [0.15, 0.2) is 58.0 Å². The molecule has 0 aliphatic carbocycles. The van der Waals surface area contributed by atoms with Crippen molar-refractivity contribution in [3.63, 3.8) is 0 Å². The first kappa shape index (κ1) is 18.5. The minimum absolute atomic E-state index is 0.241. The molecule has 3 heterocycles. The number of nitrogens with one attached hydrogen (secondary N) is 1. The van der Waals surface area contributed by atoms with Gasteiger partial charge < -0.3 is 29.1 Å². The van der Waals surface area contributed by atoms with Crippen LogP contribution in [0.1, 0.15) is 19.0 Å². The molecule has 1 aromatic carbocycles. The molecular formula is C19H21NO6S. The maximum Gasteiger partial charge on any atom is 0.217 e. The van der Waals surface area contributed by atoms with E-state index in [2.05, 4.69) is 5.32 Å². The second-order valence-electron chi connectivity index (χ2n) is 6.47. The zero-order valence-corrected chi connectivity index (χ0v) is 15.5. The third-order valence-electron chi connectivity index (χ3n) is 4.51. The molecule has 2 aromatic rings. The predicted octanol–water partition coefficient (Wildman–Crippen LogP) is 2.08. The lowest BCUT2D eigenvalue weighted by atomic mass is 9.97. The summed E-state index contributed by atoms with van der Waals surface area (Å²) in [6.07, 6.45) is -1.21. The molecule has 2 aliphatic rings. The summed E-state index contributed by atoms with van der Waals surface area (Å²) in [5.74, 6) is 0.284. The molecule has 0 bridgehead atoms. The summed E-state index contributed by atoms with van der Waals surface area (Å²) >= 11 is 1.45. The molecule has 7 nitrogen and oxygen atoms in total. The minimum Gasteiger partial charge on any atom is -0.464 e. The van der Waals surface area contributed by atoms with E-state index < -0.39 is 36.1 Å². The molecule has 2 N–H and O–H groups in total. The number of fused-ring (bicyclic) bond motifs is 1.